The summed E-state index contributed by atoms with van der Waals surface area (Å²) in [4.78, 5) is 8.05. The van der Waals surface area contributed by atoms with E-state index in [4.69, 9.17) is 4.98 Å². The first-order valence-electron chi connectivity index (χ1n) is 6.70. The van der Waals surface area contributed by atoms with E-state index in [-0.39, 0.29) is 6.61 Å². The fourth-order valence-corrected chi connectivity index (χ4v) is 3.93. The van der Waals surface area contributed by atoms with Crippen LogP contribution in [0.15, 0.2) is 28.4 Å². The van der Waals surface area contributed by atoms with Gasteiger partial charge >= 0.3 is 0 Å². The van der Waals surface area contributed by atoms with Crippen molar-refractivity contribution in [3.05, 3.63) is 39.7 Å². The van der Waals surface area contributed by atoms with E-state index < -0.39 is 0 Å². The number of imidazole rings is 1. The normalized spacial score (nSPS) is 15.1. The zero-order valence-electron chi connectivity index (χ0n) is 10.9. The van der Waals surface area contributed by atoms with Crippen LogP contribution in [0.3, 0.4) is 0 Å². The van der Waals surface area contributed by atoms with Crippen LogP contribution >= 0.6 is 22.7 Å². The molecule has 3 aromatic heterocycles. The van der Waals surface area contributed by atoms with Gasteiger partial charge in [0.1, 0.15) is 0 Å². The Bertz CT molecular complexity index is 712. The van der Waals surface area contributed by atoms with Gasteiger partial charge in [-0.1, -0.05) is 0 Å². The summed E-state index contributed by atoms with van der Waals surface area (Å²) in [6.45, 7) is 0.909. The van der Waals surface area contributed by atoms with Gasteiger partial charge in [-0.05, 0) is 35.2 Å². The van der Waals surface area contributed by atoms with Crippen LogP contribution in [-0.4, -0.2) is 20.5 Å². The molecule has 4 nitrogen and oxygen atoms in total. The predicted molar refractivity (Wildman–Crippen MR) is 82.5 cm³/mol. The van der Waals surface area contributed by atoms with Gasteiger partial charge in [0.05, 0.1) is 12.3 Å². The van der Waals surface area contributed by atoms with Crippen LogP contribution < -0.4 is 4.90 Å². The molecule has 20 heavy (non-hydrogen) atoms. The highest BCUT2D eigenvalue weighted by atomic mass is 32.1. The first-order chi connectivity index (χ1) is 9.86. The van der Waals surface area contributed by atoms with Crippen molar-refractivity contribution in [3.8, 4) is 0 Å². The lowest BCUT2D eigenvalue weighted by molar-refractivity contribution is 0.276. The summed E-state index contributed by atoms with van der Waals surface area (Å²) in [6.07, 6.45) is 4.43. The van der Waals surface area contributed by atoms with Crippen molar-refractivity contribution in [2.75, 3.05) is 4.90 Å². The number of fused-ring (bicyclic) bond motifs is 1. The predicted octanol–water partition coefficient (Wildman–Crippen LogP) is 3.12. The molecule has 1 aliphatic carbocycles. The van der Waals surface area contributed by atoms with Gasteiger partial charge in [-0.25, -0.2) is 4.98 Å². The molecule has 1 N–H and O–H groups in total. The van der Waals surface area contributed by atoms with Crippen LogP contribution in [0.4, 0.5) is 5.82 Å². The van der Waals surface area contributed by atoms with Gasteiger partial charge < -0.3 is 10.0 Å². The van der Waals surface area contributed by atoms with Gasteiger partial charge in [0.15, 0.2) is 10.8 Å². The Hall–Kier alpha value is -1.37. The van der Waals surface area contributed by atoms with Crippen molar-refractivity contribution in [3.63, 3.8) is 0 Å². The maximum atomic E-state index is 9.72. The number of aliphatic hydroxyl groups is 1. The van der Waals surface area contributed by atoms with Gasteiger partial charge in [0.2, 0.25) is 0 Å². The molecule has 0 radical (unpaired) electrons. The lowest BCUT2D eigenvalue weighted by Crippen LogP contribution is -2.26. The summed E-state index contributed by atoms with van der Waals surface area (Å²) in [5.41, 5.74) is 2.23. The second-order valence-corrected chi connectivity index (χ2v) is 6.74. The molecule has 0 aromatic carbocycles. The van der Waals surface area contributed by atoms with E-state index >= 15 is 0 Å². The fourth-order valence-electron chi connectivity index (χ4n) is 2.54. The number of hydrogen-bond donors (Lipinski definition) is 1. The van der Waals surface area contributed by atoms with E-state index in [9.17, 15) is 5.11 Å². The summed E-state index contributed by atoms with van der Waals surface area (Å²) in [5, 5.41) is 16.0. The van der Waals surface area contributed by atoms with E-state index in [1.54, 1.807) is 22.7 Å². The Morgan fingerprint density at radius 3 is 3.00 bits per heavy atom. The molecular weight excluding hydrogens is 290 g/mol. The standard InChI is InChI=1S/C14H15N3OS2/c18-8-12-13(15-14-16(12)4-6-20-14)17(11-1-2-11)7-10-3-5-19-9-10/h3-6,9,11,18H,1-2,7-8H2. The lowest BCUT2D eigenvalue weighted by atomic mass is 10.3. The largest absolute Gasteiger partial charge is 0.390 e. The molecule has 3 aromatic rings. The molecule has 6 heteroatoms. The highest BCUT2D eigenvalue weighted by Gasteiger charge is 2.32. The van der Waals surface area contributed by atoms with Crippen molar-refractivity contribution in [1.82, 2.24) is 9.38 Å². The van der Waals surface area contributed by atoms with Crippen LogP contribution in [0.5, 0.6) is 0 Å². The topological polar surface area (TPSA) is 40.8 Å². The van der Waals surface area contributed by atoms with E-state index in [1.807, 2.05) is 16.0 Å². The number of aromatic nitrogens is 2. The smallest absolute Gasteiger partial charge is 0.195 e. The van der Waals surface area contributed by atoms with Gasteiger partial charge in [-0.2, -0.15) is 11.3 Å². The van der Waals surface area contributed by atoms with Gasteiger partial charge in [-0.15, -0.1) is 11.3 Å². The van der Waals surface area contributed by atoms with Crippen molar-refractivity contribution >= 4 is 33.5 Å². The van der Waals surface area contributed by atoms with E-state index in [0.29, 0.717) is 6.04 Å². The van der Waals surface area contributed by atoms with Crippen LogP contribution in [0.25, 0.3) is 4.96 Å². The Labute approximate surface area is 124 Å². The van der Waals surface area contributed by atoms with E-state index in [2.05, 4.69) is 21.7 Å². The molecule has 0 aliphatic heterocycles. The molecule has 4 rings (SSSR count). The molecule has 0 amide bonds. The molecule has 0 spiro atoms. The summed E-state index contributed by atoms with van der Waals surface area (Å²) in [6, 6.07) is 2.74. The van der Waals surface area contributed by atoms with Crippen molar-refractivity contribution in [2.45, 2.75) is 32.0 Å². The highest BCUT2D eigenvalue weighted by Crippen LogP contribution is 2.35. The van der Waals surface area contributed by atoms with Crippen LogP contribution in [0.2, 0.25) is 0 Å². The lowest BCUT2D eigenvalue weighted by Gasteiger charge is -2.22. The number of rotatable bonds is 5. The van der Waals surface area contributed by atoms with E-state index in [1.165, 1.54) is 18.4 Å². The van der Waals surface area contributed by atoms with Crippen LogP contribution in [0.1, 0.15) is 24.1 Å². The molecule has 1 aliphatic rings. The summed E-state index contributed by atoms with van der Waals surface area (Å²) < 4.78 is 2.00. The van der Waals surface area contributed by atoms with Crippen LogP contribution in [-0.2, 0) is 13.2 Å². The second kappa shape index (κ2) is 4.87. The van der Waals surface area contributed by atoms with Gasteiger partial charge in [0.25, 0.3) is 0 Å². The molecule has 0 saturated heterocycles. The number of anilines is 1. The van der Waals surface area contributed by atoms with Crippen molar-refractivity contribution < 1.29 is 5.11 Å². The molecule has 1 fully saturated rings. The Morgan fingerprint density at radius 1 is 1.40 bits per heavy atom. The number of thiazole rings is 1. The maximum absolute atomic E-state index is 9.72. The van der Waals surface area contributed by atoms with E-state index in [0.717, 1.165) is 23.0 Å². The number of thiophene rings is 1. The van der Waals surface area contributed by atoms with Gasteiger partial charge in [0, 0.05) is 24.2 Å². The summed E-state index contributed by atoms with van der Waals surface area (Å²) >= 11 is 3.34. The Balaban J connectivity index is 1.75. The molecule has 3 heterocycles. The quantitative estimate of drug-likeness (QED) is 0.787. The molecule has 0 atom stereocenters. The van der Waals surface area contributed by atoms with Crippen molar-refractivity contribution in [1.29, 1.82) is 0 Å². The third kappa shape index (κ3) is 2.04. The zero-order chi connectivity index (χ0) is 13.5. The SMILES string of the molecule is OCc1c(N(Cc2ccsc2)C2CC2)nc2sccn12. The maximum Gasteiger partial charge on any atom is 0.195 e. The van der Waals surface area contributed by atoms with Crippen molar-refractivity contribution in [2.24, 2.45) is 0 Å². The summed E-state index contributed by atoms with van der Waals surface area (Å²) in [5.74, 6) is 0.952. The molecule has 0 bridgehead atoms. The number of nitrogens with zero attached hydrogens (tertiary/aromatic N) is 3. The minimum Gasteiger partial charge on any atom is -0.390 e. The Morgan fingerprint density at radius 2 is 2.30 bits per heavy atom. The third-order valence-corrected chi connectivity index (χ3v) is 5.17. The number of hydrogen-bond acceptors (Lipinski definition) is 5. The minimum absolute atomic E-state index is 0.0279. The molecule has 1 saturated carbocycles. The Kier molecular flexibility index (Phi) is 3.02. The molecule has 0 unspecified atom stereocenters. The average molecular weight is 305 g/mol. The molecular formula is C14H15N3OS2. The fraction of sp³-hybridized carbons (Fsp3) is 0.357. The first kappa shape index (κ1) is 12.4. The first-order valence-corrected chi connectivity index (χ1v) is 8.52. The minimum atomic E-state index is 0.0279. The zero-order valence-corrected chi connectivity index (χ0v) is 12.5. The molecule has 104 valence electrons. The number of aliphatic hydroxyl groups excluding tert-OH is 1. The average Bonchev–Trinajstić information content (AvgIpc) is 2.88. The third-order valence-electron chi connectivity index (χ3n) is 3.68. The monoisotopic (exact) mass is 305 g/mol. The van der Waals surface area contributed by atoms with Crippen LogP contribution in [0, 0.1) is 0 Å². The second-order valence-electron chi connectivity index (χ2n) is 5.09. The van der Waals surface area contributed by atoms with Gasteiger partial charge in [-0.3, -0.25) is 4.40 Å². The summed E-state index contributed by atoms with van der Waals surface area (Å²) in [7, 11) is 0. The highest BCUT2D eigenvalue weighted by molar-refractivity contribution is 7.15.